The summed E-state index contributed by atoms with van der Waals surface area (Å²) in [6.45, 7) is 2.44. The first-order valence-corrected chi connectivity index (χ1v) is 12.1. The number of amides is 1. The minimum absolute atomic E-state index is 0.200. The van der Waals surface area contributed by atoms with Gasteiger partial charge < -0.3 is 9.47 Å². The molecule has 32 heavy (non-hydrogen) atoms. The van der Waals surface area contributed by atoms with Gasteiger partial charge >= 0.3 is 5.97 Å². The van der Waals surface area contributed by atoms with E-state index < -0.39 is 21.9 Å². The Hall–Kier alpha value is -2.91. The summed E-state index contributed by atoms with van der Waals surface area (Å²) in [5.74, 6) is -0.577. The maximum absolute atomic E-state index is 12.8. The van der Waals surface area contributed by atoms with E-state index in [1.165, 1.54) is 33.5 Å². The second kappa shape index (κ2) is 11.1. The lowest BCUT2D eigenvalue weighted by molar-refractivity contribution is -0.142. The number of hydrogen-bond donors (Lipinski definition) is 0. The van der Waals surface area contributed by atoms with E-state index in [1.54, 1.807) is 31.2 Å². The van der Waals surface area contributed by atoms with Crippen LogP contribution in [0.2, 0.25) is 0 Å². The monoisotopic (exact) mass is 460 g/mol. The van der Waals surface area contributed by atoms with Crippen molar-refractivity contribution in [2.45, 2.75) is 31.1 Å². The third-order valence-corrected chi connectivity index (χ3v) is 7.01. The summed E-state index contributed by atoms with van der Waals surface area (Å²) >= 11 is 0. The molecule has 3 rings (SSSR count). The van der Waals surface area contributed by atoms with Crippen LogP contribution in [-0.4, -0.2) is 57.4 Å². The van der Waals surface area contributed by atoms with Crippen molar-refractivity contribution in [2.24, 2.45) is 0 Å². The van der Waals surface area contributed by atoms with Crippen LogP contribution in [0.1, 0.15) is 26.2 Å². The van der Waals surface area contributed by atoms with Crippen LogP contribution in [0.5, 0.6) is 5.75 Å². The summed E-state index contributed by atoms with van der Waals surface area (Å²) in [7, 11) is -3.53. The highest BCUT2D eigenvalue weighted by Crippen LogP contribution is 2.23. The van der Waals surface area contributed by atoms with Crippen LogP contribution in [0, 0.1) is 0 Å². The van der Waals surface area contributed by atoms with Crippen LogP contribution in [0.25, 0.3) is 0 Å². The van der Waals surface area contributed by atoms with Crippen molar-refractivity contribution >= 4 is 27.6 Å². The molecule has 0 unspecified atom stereocenters. The molecule has 1 saturated heterocycles. The molecule has 1 aliphatic heterocycles. The fourth-order valence-corrected chi connectivity index (χ4v) is 4.97. The van der Waals surface area contributed by atoms with Gasteiger partial charge in [0, 0.05) is 18.8 Å². The van der Waals surface area contributed by atoms with Crippen LogP contribution in [0.4, 0.5) is 5.69 Å². The van der Waals surface area contributed by atoms with Gasteiger partial charge in [0.05, 0.1) is 11.5 Å². The summed E-state index contributed by atoms with van der Waals surface area (Å²) in [5.41, 5.74) is 0.553. The molecule has 172 valence electrons. The number of sulfonamides is 1. The third kappa shape index (κ3) is 6.08. The largest absolute Gasteiger partial charge is 0.484 e. The van der Waals surface area contributed by atoms with Gasteiger partial charge in [0.15, 0.2) is 6.61 Å². The highest BCUT2D eigenvalue weighted by Gasteiger charge is 2.26. The van der Waals surface area contributed by atoms with E-state index in [2.05, 4.69) is 0 Å². The quantitative estimate of drug-likeness (QED) is 0.534. The Bertz CT molecular complexity index is 1000. The maximum atomic E-state index is 12.8. The summed E-state index contributed by atoms with van der Waals surface area (Å²) in [5, 5.41) is 0. The predicted molar refractivity (Wildman–Crippen MR) is 120 cm³/mol. The van der Waals surface area contributed by atoms with Crippen molar-refractivity contribution in [1.82, 2.24) is 4.31 Å². The minimum atomic E-state index is -3.53. The molecular weight excluding hydrogens is 432 g/mol. The molecular formula is C23H28N2O6S. The first-order valence-electron chi connectivity index (χ1n) is 10.7. The zero-order valence-electron chi connectivity index (χ0n) is 18.1. The van der Waals surface area contributed by atoms with E-state index in [-0.39, 0.29) is 24.7 Å². The smallest absolute Gasteiger partial charge is 0.326 e. The van der Waals surface area contributed by atoms with E-state index in [0.717, 1.165) is 19.3 Å². The molecule has 8 nitrogen and oxygen atoms in total. The van der Waals surface area contributed by atoms with Crippen molar-refractivity contribution in [3.8, 4) is 5.75 Å². The number of para-hydroxylation sites is 1. The number of rotatable bonds is 9. The van der Waals surface area contributed by atoms with Gasteiger partial charge in [-0.25, -0.2) is 8.42 Å². The number of piperidine rings is 1. The molecule has 2 aromatic rings. The second-order valence-corrected chi connectivity index (χ2v) is 9.28. The molecule has 0 radical (unpaired) electrons. The number of hydrogen-bond acceptors (Lipinski definition) is 6. The number of nitrogens with zero attached hydrogens (tertiary/aromatic N) is 2. The number of carbonyl (C=O) groups is 2. The fraction of sp³-hybridized carbons (Fsp3) is 0.391. The van der Waals surface area contributed by atoms with Gasteiger partial charge in [-0.2, -0.15) is 4.31 Å². The summed E-state index contributed by atoms with van der Waals surface area (Å²) in [6, 6.07) is 14.8. The third-order valence-electron chi connectivity index (χ3n) is 5.10. The van der Waals surface area contributed by atoms with E-state index in [4.69, 9.17) is 9.47 Å². The van der Waals surface area contributed by atoms with Crippen LogP contribution >= 0.6 is 0 Å². The van der Waals surface area contributed by atoms with E-state index in [1.807, 2.05) is 6.07 Å². The lowest BCUT2D eigenvalue weighted by atomic mass is 10.2. The van der Waals surface area contributed by atoms with Crippen LogP contribution in [-0.2, 0) is 24.3 Å². The Labute approximate surface area is 188 Å². The van der Waals surface area contributed by atoms with Crippen molar-refractivity contribution in [3.05, 3.63) is 54.6 Å². The van der Waals surface area contributed by atoms with Gasteiger partial charge in [-0.15, -0.1) is 0 Å². The predicted octanol–water partition coefficient (Wildman–Crippen LogP) is 2.84. The minimum Gasteiger partial charge on any atom is -0.484 e. The summed E-state index contributed by atoms with van der Waals surface area (Å²) in [4.78, 5) is 26.2. The van der Waals surface area contributed by atoms with Gasteiger partial charge in [-0.1, -0.05) is 24.6 Å². The maximum Gasteiger partial charge on any atom is 0.326 e. The second-order valence-electron chi connectivity index (χ2n) is 7.35. The van der Waals surface area contributed by atoms with Gasteiger partial charge in [-0.3, -0.25) is 14.5 Å². The SMILES string of the molecule is CCOC(=O)CN(C(=O)COc1ccc(S(=O)(=O)N2CCCCC2)cc1)c1ccccc1. The van der Waals surface area contributed by atoms with Crippen molar-refractivity contribution in [2.75, 3.05) is 37.7 Å². The van der Waals surface area contributed by atoms with Gasteiger partial charge in [-0.05, 0) is 56.2 Å². The van der Waals surface area contributed by atoms with Crippen LogP contribution < -0.4 is 9.64 Å². The molecule has 2 aromatic carbocycles. The highest BCUT2D eigenvalue weighted by molar-refractivity contribution is 7.89. The first-order chi connectivity index (χ1) is 15.4. The Balaban J connectivity index is 1.65. The Morgan fingerprint density at radius 1 is 0.969 bits per heavy atom. The van der Waals surface area contributed by atoms with E-state index >= 15 is 0 Å². The van der Waals surface area contributed by atoms with E-state index in [0.29, 0.717) is 24.5 Å². The fourth-order valence-electron chi connectivity index (χ4n) is 3.45. The highest BCUT2D eigenvalue weighted by atomic mass is 32.2. The Kier molecular flexibility index (Phi) is 8.24. The standard InChI is InChI=1S/C23H28N2O6S/c1-2-30-23(27)17-25(19-9-5-3-6-10-19)22(26)18-31-20-11-13-21(14-12-20)32(28,29)24-15-7-4-8-16-24/h3,5-6,9-14H,2,4,7-8,15-18H2,1H3. The van der Waals surface area contributed by atoms with Crippen molar-refractivity contribution in [1.29, 1.82) is 0 Å². The molecule has 0 atom stereocenters. The average molecular weight is 461 g/mol. The first kappa shape index (κ1) is 23.7. The molecule has 1 heterocycles. The van der Waals surface area contributed by atoms with Crippen molar-refractivity contribution < 1.29 is 27.5 Å². The van der Waals surface area contributed by atoms with Crippen LogP contribution in [0.15, 0.2) is 59.5 Å². The molecule has 1 fully saturated rings. The van der Waals surface area contributed by atoms with Gasteiger partial charge in [0.2, 0.25) is 10.0 Å². The molecule has 9 heteroatoms. The zero-order chi connectivity index (χ0) is 23.0. The van der Waals surface area contributed by atoms with E-state index in [9.17, 15) is 18.0 Å². The molecule has 0 aliphatic carbocycles. The normalized spacial score (nSPS) is 14.5. The Morgan fingerprint density at radius 2 is 1.62 bits per heavy atom. The molecule has 0 N–H and O–H groups in total. The lowest BCUT2D eigenvalue weighted by Crippen LogP contribution is -2.39. The Morgan fingerprint density at radius 3 is 2.25 bits per heavy atom. The number of benzene rings is 2. The molecule has 0 bridgehead atoms. The zero-order valence-corrected chi connectivity index (χ0v) is 18.9. The summed E-state index contributed by atoms with van der Waals surface area (Å²) < 4.78 is 37.5. The molecule has 0 spiro atoms. The lowest BCUT2D eigenvalue weighted by Gasteiger charge is -2.26. The average Bonchev–Trinajstić information content (AvgIpc) is 2.82. The van der Waals surface area contributed by atoms with Crippen molar-refractivity contribution in [3.63, 3.8) is 0 Å². The van der Waals surface area contributed by atoms with Gasteiger partial charge in [0.1, 0.15) is 12.3 Å². The van der Waals surface area contributed by atoms with Crippen LogP contribution in [0.3, 0.4) is 0 Å². The number of anilines is 1. The number of carbonyl (C=O) groups excluding carboxylic acids is 2. The summed E-state index contributed by atoms with van der Waals surface area (Å²) in [6.07, 6.45) is 2.78. The molecule has 1 amide bonds. The molecule has 0 saturated carbocycles. The number of ether oxygens (including phenoxy) is 2. The number of esters is 1. The topological polar surface area (TPSA) is 93.2 Å². The molecule has 1 aliphatic rings. The molecule has 0 aromatic heterocycles. The van der Waals surface area contributed by atoms with Gasteiger partial charge in [0.25, 0.3) is 5.91 Å².